The van der Waals surface area contributed by atoms with Crippen molar-refractivity contribution in [2.24, 2.45) is 10.9 Å². The number of piperidine rings is 1. The maximum absolute atomic E-state index is 5.89. The van der Waals surface area contributed by atoms with Gasteiger partial charge in [-0.05, 0) is 31.6 Å². The molecule has 0 radical (unpaired) electrons. The van der Waals surface area contributed by atoms with Crippen molar-refractivity contribution in [3.63, 3.8) is 0 Å². The number of nitrogens with one attached hydrogen (secondary N) is 1. The molecule has 0 aromatic heterocycles. The summed E-state index contributed by atoms with van der Waals surface area (Å²) in [5.41, 5.74) is 0. The monoisotopic (exact) mass is 427 g/mol. The lowest BCUT2D eigenvalue weighted by molar-refractivity contribution is 0.00991. The van der Waals surface area contributed by atoms with Crippen molar-refractivity contribution in [1.82, 2.24) is 10.2 Å². The predicted molar refractivity (Wildman–Crippen MR) is 103 cm³/mol. The standard InChI is InChI=1S/C16H33N3O2.HI/c1-14(2)6-9-18-16(17-3)19-10-7-15(8-11-19)21-13-5-12-20-4;/h14-15H,5-13H2,1-4H3,(H,17,18);1H. The van der Waals surface area contributed by atoms with Crippen LogP contribution in [0.4, 0.5) is 0 Å². The van der Waals surface area contributed by atoms with E-state index in [1.54, 1.807) is 7.11 Å². The first-order chi connectivity index (χ1) is 10.2. The van der Waals surface area contributed by atoms with E-state index >= 15 is 0 Å². The highest BCUT2D eigenvalue weighted by molar-refractivity contribution is 14.0. The summed E-state index contributed by atoms with van der Waals surface area (Å²) >= 11 is 0. The second-order valence-corrected chi connectivity index (χ2v) is 6.06. The molecule has 1 N–H and O–H groups in total. The van der Waals surface area contributed by atoms with Crippen LogP contribution in [0.25, 0.3) is 0 Å². The number of rotatable bonds is 8. The maximum atomic E-state index is 5.89. The molecule has 0 aromatic rings. The molecule has 0 amide bonds. The van der Waals surface area contributed by atoms with E-state index in [0.29, 0.717) is 6.10 Å². The van der Waals surface area contributed by atoms with Gasteiger partial charge in [0, 0.05) is 47.0 Å². The summed E-state index contributed by atoms with van der Waals surface area (Å²) in [4.78, 5) is 6.74. The molecule has 0 spiro atoms. The average molecular weight is 427 g/mol. The van der Waals surface area contributed by atoms with Crippen LogP contribution < -0.4 is 5.32 Å². The highest BCUT2D eigenvalue weighted by atomic mass is 127. The van der Waals surface area contributed by atoms with Crippen molar-refractivity contribution < 1.29 is 9.47 Å². The molecule has 0 aliphatic carbocycles. The summed E-state index contributed by atoms with van der Waals surface area (Å²) in [5, 5.41) is 3.46. The largest absolute Gasteiger partial charge is 0.385 e. The Labute approximate surface area is 153 Å². The lowest BCUT2D eigenvalue weighted by Gasteiger charge is -2.34. The quantitative estimate of drug-likeness (QED) is 0.280. The molecular weight excluding hydrogens is 393 g/mol. The van der Waals surface area contributed by atoms with Crippen LogP contribution in [0.1, 0.15) is 39.5 Å². The number of ether oxygens (including phenoxy) is 2. The van der Waals surface area contributed by atoms with E-state index in [-0.39, 0.29) is 24.0 Å². The average Bonchev–Trinajstić information content (AvgIpc) is 2.49. The third-order valence-corrected chi connectivity index (χ3v) is 3.80. The summed E-state index contributed by atoms with van der Waals surface area (Å²) in [6, 6.07) is 0. The molecule has 22 heavy (non-hydrogen) atoms. The molecule has 1 heterocycles. The second-order valence-electron chi connectivity index (χ2n) is 6.06. The zero-order chi connectivity index (χ0) is 15.5. The molecule has 1 saturated heterocycles. The smallest absolute Gasteiger partial charge is 0.193 e. The van der Waals surface area contributed by atoms with Gasteiger partial charge in [-0.1, -0.05) is 13.8 Å². The van der Waals surface area contributed by atoms with E-state index in [4.69, 9.17) is 9.47 Å². The third-order valence-electron chi connectivity index (χ3n) is 3.80. The van der Waals surface area contributed by atoms with Crippen LogP contribution in [0.5, 0.6) is 0 Å². The van der Waals surface area contributed by atoms with E-state index in [1.807, 2.05) is 7.05 Å². The van der Waals surface area contributed by atoms with Crippen molar-refractivity contribution in [3.8, 4) is 0 Å². The molecule has 1 aliphatic rings. The van der Waals surface area contributed by atoms with E-state index in [1.165, 1.54) is 6.42 Å². The van der Waals surface area contributed by atoms with Crippen molar-refractivity contribution >= 4 is 29.9 Å². The summed E-state index contributed by atoms with van der Waals surface area (Å²) in [7, 11) is 3.60. The minimum atomic E-state index is 0. The number of hydrogen-bond acceptors (Lipinski definition) is 3. The normalized spacial score (nSPS) is 16.8. The van der Waals surface area contributed by atoms with E-state index in [9.17, 15) is 0 Å². The Kier molecular flexibility index (Phi) is 13.3. The summed E-state index contributed by atoms with van der Waals surface area (Å²) in [6.45, 7) is 9.13. The topological polar surface area (TPSA) is 46.1 Å². The first-order valence-corrected chi connectivity index (χ1v) is 8.23. The number of hydrogen-bond donors (Lipinski definition) is 1. The SMILES string of the molecule is CN=C(NCCC(C)C)N1CCC(OCCCOC)CC1.I. The van der Waals surface area contributed by atoms with Gasteiger partial charge in [-0.3, -0.25) is 4.99 Å². The van der Waals surface area contributed by atoms with Gasteiger partial charge in [0.25, 0.3) is 0 Å². The number of halogens is 1. The highest BCUT2D eigenvalue weighted by Crippen LogP contribution is 2.14. The molecule has 5 nitrogen and oxygen atoms in total. The maximum Gasteiger partial charge on any atom is 0.193 e. The highest BCUT2D eigenvalue weighted by Gasteiger charge is 2.21. The van der Waals surface area contributed by atoms with Gasteiger partial charge < -0.3 is 19.7 Å². The number of aliphatic imine (C=N–C) groups is 1. The molecule has 0 atom stereocenters. The fourth-order valence-electron chi connectivity index (χ4n) is 2.49. The Hall–Kier alpha value is -0.0800. The van der Waals surface area contributed by atoms with Crippen LogP contribution in [0.2, 0.25) is 0 Å². The van der Waals surface area contributed by atoms with Gasteiger partial charge >= 0.3 is 0 Å². The summed E-state index contributed by atoms with van der Waals surface area (Å²) in [6.07, 6.45) is 4.72. The second kappa shape index (κ2) is 13.4. The molecule has 0 bridgehead atoms. The molecule has 132 valence electrons. The number of methoxy groups -OCH3 is 1. The van der Waals surface area contributed by atoms with Gasteiger partial charge in [0.05, 0.1) is 6.10 Å². The van der Waals surface area contributed by atoms with Gasteiger partial charge in [-0.2, -0.15) is 0 Å². The minimum Gasteiger partial charge on any atom is -0.385 e. The summed E-state index contributed by atoms with van der Waals surface area (Å²) in [5.74, 6) is 1.76. The number of guanidine groups is 1. The van der Waals surface area contributed by atoms with Crippen LogP contribution >= 0.6 is 24.0 Å². The Morgan fingerprint density at radius 1 is 1.27 bits per heavy atom. The van der Waals surface area contributed by atoms with Crippen molar-refractivity contribution in [3.05, 3.63) is 0 Å². The van der Waals surface area contributed by atoms with Gasteiger partial charge in [-0.25, -0.2) is 0 Å². The molecule has 1 rings (SSSR count). The van der Waals surface area contributed by atoms with Crippen LogP contribution in [0.15, 0.2) is 4.99 Å². The van der Waals surface area contributed by atoms with Crippen LogP contribution in [0.3, 0.4) is 0 Å². The zero-order valence-corrected chi connectivity index (χ0v) is 17.0. The molecular formula is C16H34IN3O2. The Morgan fingerprint density at radius 3 is 2.50 bits per heavy atom. The Bertz CT molecular complexity index is 293. The molecule has 6 heteroatoms. The number of likely N-dealkylation sites (tertiary alicyclic amines) is 1. The third kappa shape index (κ3) is 9.15. The lowest BCUT2D eigenvalue weighted by atomic mass is 10.1. The first kappa shape index (κ1) is 21.9. The molecule has 1 fully saturated rings. The Balaban J connectivity index is 0.00000441. The fourth-order valence-corrected chi connectivity index (χ4v) is 2.49. The lowest BCUT2D eigenvalue weighted by Crippen LogP contribution is -2.47. The first-order valence-electron chi connectivity index (χ1n) is 8.23. The van der Waals surface area contributed by atoms with Crippen molar-refractivity contribution in [1.29, 1.82) is 0 Å². The molecule has 0 aromatic carbocycles. The predicted octanol–water partition coefficient (Wildman–Crippen LogP) is 2.74. The zero-order valence-electron chi connectivity index (χ0n) is 14.6. The van der Waals surface area contributed by atoms with E-state index in [2.05, 4.69) is 29.1 Å². The number of nitrogens with zero attached hydrogens (tertiary/aromatic N) is 2. The van der Waals surface area contributed by atoms with Gasteiger partial charge in [-0.15, -0.1) is 24.0 Å². The van der Waals surface area contributed by atoms with Crippen molar-refractivity contribution in [2.45, 2.75) is 45.6 Å². The summed E-state index contributed by atoms with van der Waals surface area (Å²) < 4.78 is 10.9. The molecule has 1 aliphatic heterocycles. The van der Waals surface area contributed by atoms with Gasteiger partial charge in [0.1, 0.15) is 0 Å². The van der Waals surface area contributed by atoms with Gasteiger partial charge in [0.2, 0.25) is 0 Å². The van der Waals surface area contributed by atoms with Crippen LogP contribution in [0, 0.1) is 5.92 Å². The Morgan fingerprint density at radius 2 is 1.95 bits per heavy atom. The van der Waals surface area contributed by atoms with Crippen LogP contribution in [-0.4, -0.2) is 64.0 Å². The van der Waals surface area contributed by atoms with E-state index < -0.39 is 0 Å². The van der Waals surface area contributed by atoms with Crippen LogP contribution in [-0.2, 0) is 9.47 Å². The molecule has 0 saturated carbocycles. The van der Waals surface area contributed by atoms with E-state index in [0.717, 1.165) is 64.0 Å². The minimum absolute atomic E-state index is 0. The van der Waals surface area contributed by atoms with Gasteiger partial charge in [0.15, 0.2) is 5.96 Å². The van der Waals surface area contributed by atoms with Crippen molar-refractivity contribution in [2.75, 3.05) is 47.0 Å². The molecule has 0 unspecified atom stereocenters. The fraction of sp³-hybridized carbons (Fsp3) is 0.938.